The summed E-state index contributed by atoms with van der Waals surface area (Å²) in [5.41, 5.74) is 2.56. The molecule has 0 aliphatic carbocycles. The van der Waals surface area contributed by atoms with Gasteiger partial charge >= 0.3 is 0 Å². The topological polar surface area (TPSA) is 48.9 Å². The lowest BCUT2D eigenvalue weighted by Crippen LogP contribution is -2.42. The Hall–Kier alpha value is -1.75. The molecule has 1 aromatic carbocycles. The molecule has 0 aliphatic rings. The molecule has 0 amide bonds. The summed E-state index contributed by atoms with van der Waals surface area (Å²) < 4.78 is 5.30. The van der Waals surface area contributed by atoms with Crippen molar-refractivity contribution >= 4 is 11.6 Å². The summed E-state index contributed by atoms with van der Waals surface area (Å²) in [4.78, 5) is 6.57. The second kappa shape index (κ2) is 10.9. The van der Waals surface area contributed by atoms with Crippen molar-refractivity contribution in [3.8, 4) is 0 Å². The van der Waals surface area contributed by atoms with E-state index in [0.29, 0.717) is 6.61 Å². The lowest BCUT2D eigenvalue weighted by atomic mass is 10.2. The third-order valence-corrected chi connectivity index (χ3v) is 3.39. The minimum atomic E-state index is 0.696. The Morgan fingerprint density at radius 1 is 1.23 bits per heavy atom. The molecule has 0 bridgehead atoms. The molecule has 22 heavy (non-hydrogen) atoms. The Labute approximate surface area is 134 Å². The van der Waals surface area contributed by atoms with Gasteiger partial charge in [-0.1, -0.05) is 12.1 Å². The third kappa shape index (κ3) is 6.80. The van der Waals surface area contributed by atoms with E-state index >= 15 is 0 Å². The molecular formula is C17H30N4O. The Bertz CT molecular complexity index is 448. The molecule has 0 saturated carbocycles. The maximum Gasteiger partial charge on any atom is 0.191 e. The fourth-order valence-corrected chi connectivity index (χ4v) is 2.21. The summed E-state index contributed by atoms with van der Waals surface area (Å²) in [5.74, 6) is 0.819. The van der Waals surface area contributed by atoms with Crippen molar-refractivity contribution in [3.05, 3.63) is 29.8 Å². The molecular weight excluding hydrogens is 276 g/mol. The highest BCUT2D eigenvalue weighted by Gasteiger charge is 2.04. The van der Waals surface area contributed by atoms with Gasteiger partial charge < -0.3 is 20.3 Å². The normalized spacial score (nSPS) is 11.4. The molecule has 124 valence electrons. The molecule has 0 aliphatic heterocycles. The van der Waals surface area contributed by atoms with Crippen LogP contribution in [-0.4, -0.2) is 52.4 Å². The van der Waals surface area contributed by atoms with Crippen LogP contribution in [0, 0.1) is 6.92 Å². The molecule has 1 aromatic rings. The average Bonchev–Trinajstić information content (AvgIpc) is 2.53. The van der Waals surface area contributed by atoms with Crippen molar-refractivity contribution in [2.24, 2.45) is 4.99 Å². The van der Waals surface area contributed by atoms with Gasteiger partial charge in [0.05, 0.1) is 6.61 Å². The number of rotatable bonds is 9. The van der Waals surface area contributed by atoms with E-state index in [1.54, 1.807) is 7.05 Å². The zero-order valence-electron chi connectivity index (χ0n) is 14.4. The maximum absolute atomic E-state index is 5.30. The van der Waals surface area contributed by atoms with Crippen LogP contribution < -0.4 is 15.5 Å². The Morgan fingerprint density at radius 3 is 2.64 bits per heavy atom. The molecule has 0 heterocycles. The zero-order valence-corrected chi connectivity index (χ0v) is 14.4. The number of aliphatic imine (C=N–C) groups is 1. The maximum atomic E-state index is 5.30. The molecule has 0 radical (unpaired) electrons. The van der Waals surface area contributed by atoms with Gasteiger partial charge in [0.25, 0.3) is 0 Å². The number of nitrogens with zero attached hydrogens (tertiary/aromatic N) is 2. The Morgan fingerprint density at radius 2 is 2.00 bits per heavy atom. The first kappa shape index (κ1) is 18.3. The fraction of sp³-hybridized carbons (Fsp3) is 0.588. The molecule has 1 rings (SSSR count). The van der Waals surface area contributed by atoms with Crippen LogP contribution in [0.1, 0.15) is 19.4 Å². The molecule has 2 N–H and O–H groups in total. The summed E-state index contributed by atoms with van der Waals surface area (Å²) in [7, 11) is 1.79. The monoisotopic (exact) mass is 306 g/mol. The largest absolute Gasteiger partial charge is 0.380 e. The van der Waals surface area contributed by atoms with Gasteiger partial charge in [-0.25, -0.2) is 0 Å². The zero-order chi connectivity index (χ0) is 16.2. The molecule has 0 unspecified atom stereocenters. The second-order valence-electron chi connectivity index (χ2n) is 5.04. The van der Waals surface area contributed by atoms with Crippen LogP contribution >= 0.6 is 0 Å². The van der Waals surface area contributed by atoms with Crippen LogP contribution in [0.5, 0.6) is 0 Å². The predicted molar refractivity (Wildman–Crippen MR) is 94.9 cm³/mol. The summed E-state index contributed by atoms with van der Waals surface area (Å²) in [6, 6.07) is 8.61. The smallest absolute Gasteiger partial charge is 0.191 e. The van der Waals surface area contributed by atoms with Gasteiger partial charge in [0, 0.05) is 45.5 Å². The second-order valence-corrected chi connectivity index (χ2v) is 5.04. The number of hydrogen-bond acceptors (Lipinski definition) is 3. The van der Waals surface area contributed by atoms with Crippen LogP contribution in [0.4, 0.5) is 5.69 Å². The van der Waals surface area contributed by atoms with Gasteiger partial charge in [-0.2, -0.15) is 0 Å². The first-order valence-corrected chi connectivity index (χ1v) is 8.05. The molecule has 5 heteroatoms. The van der Waals surface area contributed by atoms with Gasteiger partial charge in [-0.3, -0.25) is 4.99 Å². The average molecular weight is 306 g/mol. The summed E-state index contributed by atoms with van der Waals surface area (Å²) in [5, 5.41) is 6.58. The number of guanidine groups is 1. The molecule has 5 nitrogen and oxygen atoms in total. The van der Waals surface area contributed by atoms with E-state index in [1.165, 1.54) is 11.3 Å². The quantitative estimate of drug-likeness (QED) is 0.416. The number of aryl methyl sites for hydroxylation is 1. The van der Waals surface area contributed by atoms with Crippen molar-refractivity contribution in [2.75, 3.05) is 51.3 Å². The summed E-state index contributed by atoms with van der Waals surface area (Å²) >= 11 is 0. The van der Waals surface area contributed by atoms with Crippen molar-refractivity contribution in [3.63, 3.8) is 0 Å². The number of likely N-dealkylation sites (N-methyl/N-ethyl adjacent to an activating group) is 1. The van der Waals surface area contributed by atoms with Crippen LogP contribution in [0.25, 0.3) is 0 Å². The standard InChI is InChI=1S/C17H30N4O/c1-5-21(16-9-7-8-15(3)14-16)12-10-19-17(18-4)20-11-13-22-6-2/h7-9,14H,5-6,10-13H2,1-4H3,(H2,18,19,20). The number of ether oxygens (including phenoxy) is 1. The van der Waals surface area contributed by atoms with Gasteiger partial charge in [0.2, 0.25) is 0 Å². The van der Waals surface area contributed by atoms with Crippen molar-refractivity contribution < 1.29 is 4.74 Å². The lowest BCUT2D eigenvalue weighted by Gasteiger charge is -2.24. The number of benzene rings is 1. The summed E-state index contributed by atoms with van der Waals surface area (Å²) in [6.45, 7) is 11.3. The van der Waals surface area contributed by atoms with Gasteiger partial charge in [-0.15, -0.1) is 0 Å². The van der Waals surface area contributed by atoms with Gasteiger partial charge in [0.1, 0.15) is 0 Å². The van der Waals surface area contributed by atoms with Crippen LogP contribution in [0.2, 0.25) is 0 Å². The van der Waals surface area contributed by atoms with Crippen LogP contribution in [0.3, 0.4) is 0 Å². The number of anilines is 1. The fourth-order valence-electron chi connectivity index (χ4n) is 2.21. The van der Waals surface area contributed by atoms with Gasteiger partial charge in [0.15, 0.2) is 5.96 Å². The Balaban J connectivity index is 2.36. The number of hydrogen-bond donors (Lipinski definition) is 2. The van der Waals surface area contributed by atoms with Crippen molar-refractivity contribution in [2.45, 2.75) is 20.8 Å². The molecule has 0 atom stereocenters. The highest BCUT2D eigenvalue weighted by atomic mass is 16.5. The molecule has 0 fully saturated rings. The van der Waals surface area contributed by atoms with E-state index in [4.69, 9.17) is 4.74 Å². The van der Waals surface area contributed by atoms with E-state index in [-0.39, 0.29) is 0 Å². The minimum absolute atomic E-state index is 0.696. The van der Waals surface area contributed by atoms with E-state index in [1.807, 2.05) is 6.92 Å². The SMILES string of the molecule is CCOCCNC(=NC)NCCN(CC)c1cccc(C)c1. The summed E-state index contributed by atoms with van der Waals surface area (Å²) in [6.07, 6.45) is 0. The van der Waals surface area contributed by atoms with Crippen LogP contribution in [0.15, 0.2) is 29.3 Å². The third-order valence-electron chi connectivity index (χ3n) is 3.39. The molecule has 0 spiro atoms. The predicted octanol–water partition coefficient (Wildman–Crippen LogP) is 2.02. The first-order chi connectivity index (χ1) is 10.7. The lowest BCUT2D eigenvalue weighted by molar-refractivity contribution is 0.152. The highest BCUT2D eigenvalue weighted by molar-refractivity contribution is 5.79. The Kier molecular flexibility index (Phi) is 9.07. The minimum Gasteiger partial charge on any atom is -0.380 e. The van der Waals surface area contributed by atoms with E-state index in [9.17, 15) is 0 Å². The highest BCUT2D eigenvalue weighted by Crippen LogP contribution is 2.14. The molecule has 0 aromatic heterocycles. The van der Waals surface area contributed by atoms with Gasteiger partial charge in [-0.05, 0) is 38.5 Å². The van der Waals surface area contributed by atoms with E-state index in [2.05, 4.69) is 58.6 Å². The van der Waals surface area contributed by atoms with Crippen molar-refractivity contribution in [1.82, 2.24) is 10.6 Å². The molecule has 0 saturated heterocycles. The van der Waals surface area contributed by atoms with E-state index < -0.39 is 0 Å². The van der Waals surface area contributed by atoms with E-state index in [0.717, 1.165) is 38.7 Å². The first-order valence-electron chi connectivity index (χ1n) is 8.05. The van der Waals surface area contributed by atoms with Crippen molar-refractivity contribution in [1.29, 1.82) is 0 Å². The van der Waals surface area contributed by atoms with Crippen LogP contribution in [-0.2, 0) is 4.74 Å². The number of nitrogens with one attached hydrogen (secondary N) is 2.